The number of halogens is 2. The van der Waals surface area contributed by atoms with Crippen molar-refractivity contribution >= 4 is 23.2 Å². The molecule has 10 heteroatoms. The Kier molecular flexibility index (Phi) is 11.8. The van der Waals surface area contributed by atoms with Gasteiger partial charge in [0.25, 0.3) is 5.91 Å². The molecule has 0 unspecified atom stereocenters. The minimum absolute atomic E-state index is 0.0982. The lowest BCUT2D eigenvalue weighted by Crippen LogP contribution is -2.48. The standard InChI is InChI=1S/C35H46F2N4O3S/c1-6-10-41(11-7-2)33(42)25-13-23(5)14-26(18-25)34(43)44-30(29(38)17-24-15-27(36)19-28(37)16-24)20-40-35(8-9-35)31-21-39-32(45-31)12-22(3)4/h13-16,18-19,21-22,29-30,40H,6-12,17,20,38H2,1-5H3/t29-,30-/m1/s1. The molecule has 2 aromatic carbocycles. The van der Waals surface area contributed by atoms with Crippen molar-refractivity contribution < 1.29 is 23.1 Å². The summed E-state index contributed by atoms with van der Waals surface area (Å²) in [5.74, 6) is -1.63. The molecule has 3 N–H and O–H groups in total. The lowest BCUT2D eigenvalue weighted by molar-refractivity contribution is 0.0229. The molecule has 1 fully saturated rings. The summed E-state index contributed by atoms with van der Waals surface area (Å²) in [5, 5.41) is 4.67. The Morgan fingerprint density at radius 3 is 2.27 bits per heavy atom. The van der Waals surface area contributed by atoms with Gasteiger partial charge in [0.05, 0.1) is 16.1 Å². The molecule has 1 heterocycles. The van der Waals surface area contributed by atoms with Gasteiger partial charge in [0.2, 0.25) is 0 Å². The van der Waals surface area contributed by atoms with Crippen LogP contribution in [-0.4, -0.2) is 53.5 Å². The quantitative estimate of drug-likeness (QED) is 0.172. The van der Waals surface area contributed by atoms with Gasteiger partial charge < -0.3 is 20.7 Å². The van der Waals surface area contributed by atoms with Crippen molar-refractivity contribution in [1.29, 1.82) is 0 Å². The Labute approximate surface area is 269 Å². The van der Waals surface area contributed by atoms with E-state index in [-0.39, 0.29) is 30.0 Å². The molecule has 2 atom stereocenters. The molecular formula is C35H46F2N4O3S. The highest BCUT2D eigenvalue weighted by Crippen LogP contribution is 2.47. The summed E-state index contributed by atoms with van der Waals surface area (Å²) in [4.78, 5) is 34.5. The number of aromatic nitrogens is 1. The molecule has 0 radical (unpaired) electrons. The maximum atomic E-state index is 14.0. The third kappa shape index (κ3) is 9.40. The predicted molar refractivity (Wildman–Crippen MR) is 174 cm³/mol. The molecule has 4 rings (SSSR count). The van der Waals surface area contributed by atoms with Crippen molar-refractivity contribution in [3.8, 4) is 0 Å². The molecule has 1 aromatic heterocycles. The fraction of sp³-hybridized carbons (Fsp3) is 0.514. The number of esters is 1. The molecule has 0 spiro atoms. The molecular weight excluding hydrogens is 594 g/mol. The van der Waals surface area contributed by atoms with Gasteiger partial charge in [-0.2, -0.15) is 0 Å². The Bertz CT molecular complexity index is 1450. The minimum Gasteiger partial charge on any atom is -0.456 e. The number of aryl methyl sites for hydroxylation is 1. The predicted octanol–water partition coefficient (Wildman–Crippen LogP) is 6.56. The first-order valence-corrected chi connectivity index (χ1v) is 16.8. The zero-order valence-corrected chi connectivity index (χ0v) is 27.8. The largest absolute Gasteiger partial charge is 0.456 e. The lowest BCUT2D eigenvalue weighted by Gasteiger charge is -2.27. The SMILES string of the molecule is CCCN(CCC)C(=O)c1cc(C)cc(C(=O)O[C@H](CNC2(c3cnc(CC(C)C)s3)CC2)[C@H](N)Cc2cc(F)cc(F)c2)c1. The number of thiazole rings is 1. The van der Waals surface area contributed by atoms with Crippen molar-refractivity contribution in [2.75, 3.05) is 19.6 Å². The molecule has 1 amide bonds. The molecule has 244 valence electrons. The van der Waals surface area contributed by atoms with E-state index >= 15 is 0 Å². The van der Waals surface area contributed by atoms with Gasteiger partial charge in [0.15, 0.2) is 0 Å². The van der Waals surface area contributed by atoms with Crippen LogP contribution >= 0.6 is 11.3 Å². The maximum absolute atomic E-state index is 14.0. The van der Waals surface area contributed by atoms with Crippen molar-refractivity contribution in [3.63, 3.8) is 0 Å². The van der Waals surface area contributed by atoms with Crippen LogP contribution < -0.4 is 11.1 Å². The number of hydrogen-bond donors (Lipinski definition) is 2. The van der Waals surface area contributed by atoms with Gasteiger partial charge >= 0.3 is 5.97 Å². The van der Waals surface area contributed by atoms with Crippen LogP contribution in [0.15, 0.2) is 42.6 Å². The molecule has 1 saturated carbocycles. The number of nitrogens with two attached hydrogens (primary N) is 1. The minimum atomic E-state index is -0.819. The van der Waals surface area contributed by atoms with E-state index in [2.05, 4.69) is 24.1 Å². The Morgan fingerprint density at radius 1 is 1.02 bits per heavy atom. The number of benzene rings is 2. The molecule has 1 aliphatic rings. The number of nitrogens with one attached hydrogen (secondary N) is 1. The van der Waals surface area contributed by atoms with Crippen LogP contribution in [0, 0.1) is 24.5 Å². The summed E-state index contributed by atoms with van der Waals surface area (Å²) in [6.45, 7) is 11.7. The number of nitrogens with zero attached hydrogens (tertiary/aromatic N) is 2. The first-order valence-electron chi connectivity index (χ1n) is 16.0. The molecule has 0 saturated heterocycles. The Morgan fingerprint density at radius 2 is 1.67 bits per heavy atom. The van der Waals surface area contributed by atoms with Crippen LogP contribution in [0.2, 0.25) is 0 Å². The zero-order valence-electron chi connectivity index (χ0n) is 27.0. The average molecular weight is 641 g/mol. The molecule has 1 aliphatic carbocycles. The summed E-state index contributed by atoms with van der Waals surface area (Å²) < 4.78 is 34.0. The normalized spacial score (nSPS) is 15.1. The highest BCUT2D eigenvalue weighted by molar-refractivity contribution is 7.11. The molecule has 0 bridgehead atoms. The van der Waals surface area contributed by atoms with Crippen molar-refractivity contribution in [2.24, 2.45) is 11.7 Å². The Hall–Kier alpha value is -3.21. The van der Waals surface area contributed by atoms with Crippen LogP contribution in [-0.2, 0) is 23.1 Å². The number of rotatable bonds is 16. The molecule has 7 nitrogen and oxygen atoms in total. The number of carbonyl (C=O) groups excluding carboxylic acids is 2. The third-order valence-electron chi connectivity index (χ3n) is 7.96. The smallest absolute Gasteiger partial charge is 0.338 e. The molecule has 0 aliphatic heterocycles. The average Bonchev–Trinajstić information content (AvgIpc) is 3.62. The van der Waals surface area contributed by atoms with E-state index < -0.39 is 29.7 Å². The van der Waals surface area contributed by atoms with E-state index in [0.717, 1.165) is 53.6 Å². The first-order chi connectivity index (χ1) is 21.4. The lowest BCUT2D eigenvalue weighted by atomic mass is 10.0. The third-order valence-corrected chi connectivity index (χ3v) is 9.19. The van der Waals surface area contributed by atoms with Crippen LogP contribution in [0.1, 0.15) is 95.1 Å². The molecule has 3 aromatic rings. The second kappa shape index (κ2) is 15.4. The Balaban J connectivity index is 1.55. The van der Waals surface area contributed by atoms with E-state index in [1.165, 1.54) is 12.1 Å². The second-order valence-electron chi connectivity index (χ2n) is 12.6. The van der Waals surface area contributed by atoms with Crippen LogP contribution in [0.25, 0.3) is 0 Å². The van der Waals surface area contributed by atoms with E-state index in [4.69, 9.17) is 10.5 Å². The van der Waals surface area contributed by atoms with Crippen molar-refractivity contribution in [1.82, 2.24) is 15.2 Å². The van der Waals surface area contributed by atoms with Gasteiger partial charge in [-0.1, -0.05) is 27.7 Å². The van der Waals surface area contributed by atoms with E-state index in [1.54, 1.807) is 34.4 Å². The van der Waals surface area contributed by atoms with Gasteiger partial charge in [-0.3, -0.25) is 4.79 Å². The summed E-state index contributed by atoms with van der Waals surface area (Å²) in [5.41, 5.74) is 8.15. The molecule has 45 heavy (non-hydrogen) atoms. The summed E-state index contributed by atoms with van der Waals surface area (Å²) in [6, 6.07) is 7.57. The number of ether oxygens (including phenoxy) is 1. The number of hydrogen-bond acceptors (Lipinski definition) is 7. The zero-order chi connectivity index (χ0) is 32.7. The van der Waals surface area contributed by atoms with Crippen molar-refractivity contribution in [3.05, 3.63) is 86.4 Å². The van der Waals surface area contributed by atoms with E-state index in [1.807, 2.05) is 27.0 Å². The number of amides is 1. The summed E-state index contributed by atoms with van der Waals surface area (Å²) >= 11 is 1.69. The highest BCUT2D eigenvalue weighted by Gasteiger charge is 2.46. The van der Waals surface area contributed by atoms with E-state index in [0.29, 0.717) is 30.1 Å². The first kappa shape index (κ1) is 34.7. The van der Waals surface area contributed by atoms with Crippen LogP contribution in [0.3, 0.4) is 0 Å². The van der Waals surface area contributed by atoms with Gasteiger partial charge in [-0.05, 0) is 86.4 Å². The van der Waals surface area contributed by atoms with Gasteiger partial charge in [-0.25, -0.2) is 18.6 Å². The maximum Gasteiger partial charge on any atom is 0.338 e. The summed E-state index contributed by atoms with van der Waals surface area (Å²) in [6.07, 6.45) is 5.60. The fourth-order valence-electron chi connectivity index (χ4n) is 5.59. The van der Waals surface area contributed by atoms with Gasteiger partial charge in [0, 0.05) is 54.8 Å². The summed E-state index contributed by atoms with van der Waals surface area (Å²) in [7, 11) is 0. The van der Waals surface area contributed by atoms with Gasteiger partial charge in [-0.15, -0.1) is 11.3 Å². The topological polar surface area (TPSA) is 97.5 Å². The fourth-order valence-corrected chi connectivity index (χ4v) is 6.94. The monoisotopic (exact) mass is 640 g/mol. The second-order valence-corrected chi connectivity index (χ2v) is 13.8. The van der Waals surface area contributed by atoms with Crippen LogP contribution in [0.5, 0.6) is 0 Å². The highest BCUT2D eigenvalue weighted by atomic mass is 32.1. The van der Waals surface area contributed by atoms with Gasteiger partial charge in [0.1, 0.15) is 17.7 Å². The van der Waals surface area contributed by atoms with Crippen molar-refractivity contribution in [2.45, 2.75) is 90.8 Å². The van der Waals surface area contributed by atoms with E-state index in [9.17, 15) is 18.4 Å². The van der Waals surface area contributed by atoms with Crippen LogP contribution in [0.4, 0.5) is 8.78 Å². The number of carbonyl (C=O) groups is 2.